The summed E-state index contributed by atoms with van der Waals surface area (Å²) in [4.78, 5) is 12.3. The third-order valence-corrected chi connectivity index (χ3v) is 11.8. The molecule has 0 N–H and O–H groups in total. The molecule has 2 atom stereocenters. The molecular weight excluding hydrogens is 669 g/mol. The van der Waals surface area contributed by atoms with E-state index in [-0.39, 0.29) is 17.4 Å². The first kappa shape index (κ1) is 33.0. The van der Waals surface area contributed by atoms with Crippen molar-refractivity contribution in [2.75, 3.05) is 21.4 Å². The zero-order valence-electron chi connectivity index (χ0n) is 31.1. The van der Waals surface area contributed by atoms with Crippen LogP contribution in [0.25, 0.3) is 22.3 Å². The van der Waals surface area contributed by atoms with Crippen LogP contribution in [0, 0.1) is 0 Å². The molecule has 0 saturated heterocycles. The van der Waals surface area contributed by atoms with Gasteiger partial charge in [-0.15, -0.1) is 0 Å². The van der Waals surface area contributed by atoms with Crippen molar-refractivity contribution in [1.82, 2.24) is 4.98 Å². The molecule has 0 bridgehead atoms. The Bertz CT molecular complexity index is 2590. The predicted molar refractivity (Wildman–Crippen MR) is 229 cm³/mol. The number of pyridine rings is 1. The zero-order chi connectivity index (χ0) is 36.9. The van der Waals surface area contributed by atoms with Gasteiger partial charge in [-0.1, -0.05) is 147 Å². The number of allylic oxidation sites excluding steroid dienone is 2. The molecule has 0 spiro atoms. The monoisotopic (exact) mass is 710 g/mol. The van der Waals surface area contributed by atoms with Crippen molar-refractivity contribution in [3.8, 4) is 22.3 Å². The second kappa shape index (κ2) is 13.3. The van der Waals surface area contributed by atoms with E-state index in [1.54, 1.807) is 0 Å². The molecule has 2 unspecified atom stereocenters. The molecular formula is C51H42N4. The molecule has 0 saturated carbocycles. The van der Waals surface area contributed by atoms with Gasteiger partial charge in [0.2, 0.25) is 0 Å². The summed E-state index contributed by atoms with van der Waals surface area (Å²) in [6.07, 6.45) is 11.0. The molecule has 55 heavy (non-hydrogen) atoms. The van der Waals surface area contributed by atoms with Crippen LogP contribution in [-0.2, 0) is 5.41 Å². The molecule has 0 fully saturated rings. The van der Waals surface area contributed by atoms with Gasteiger partial charge in [0.25, 0.3) is 0 Å². The van der Waals surface area contributed by atoms with Crippen molar-refractivity contribution in [2.24, 2.45) is 0 Å². The normalized spacial score (nSPS) is 16.9. The fourth-order valence-corrected chi connectivity index (χ4v) is 8.80. The molecule has 266 valence electrons. The number of rotatable bonds is 7. The minimum Gasteiger partial charge on any atom is -0.321 e. The number of benzene rings is 6. The van der Waals surface area contributed by atoms with Gasteiger partial charge in [-0.2, -0.15) is 0 Å². The number of hydrogen-bond acceptors (Lipinski definition) is 4. The second-order valence-corrected chi connectivity index (χ2v) is 15.2. The summed E-state index contributed by atoms with van der Waals surface area (Å²) >= 11 is 0. The molecule has 4 heteroatoms. The topological polar surface area (TPSA) is 22.6 Å². The Morgan fingerprint density at radius 3 is 1.95 bits per heavy atom. The molecule has 6 aromatic carbocycles. The van der Waals surface area contributed by atoms with Gasteiger partial charge in [0, 0.05) is 34.6 Å². The van der Waals surface area contributed by atoms with E-state index < -0.39 is 0 Å². The van der Waals surface area contributed by atoms with Gasteiger partial charge in [0.15, 0.2) is 0 Å². The van der Waals surface area contributed by atoms with E-state index in [4.69, 9.17) is 4.98 Å². The van der Waals surface area contributed by atoms with Gasteiger partial charge in [-0.3, -0.25) is 0 Å². The molecule has 1 aromatic heterocycles. The van der Waals surface area contributed by atoms with Crippen LogP contribution in [0.15, 0.2) is 194 Å². The summed E-state index contributed by atoms with van der Waals surface area (Å²) in [6.45, 7) is 5.47. The van der Waals surface area contributed by atoms with E-state index >= 15 is 0 Å². The number of nitrogens with zero attached hydrogens (tertiary/aromatic N) is 4. The molecule has 3 heterocycles. The Morgan fingerprint density at radius 2 is 1.16 bits per heavy atom. The third kappa shape index (κ3) is 5.64. The van der Waals surface area contributed by atoms with Gasteiger partial charge in [0.1, 0.15) is 12.5 Å². The Hall–Kier alpha value is -6.65. The van der Waals surface area contributed by atoms with Gasteiger partial charge in [-0.25, -0.2) is 4.98 Å². The number of para-hydroxylation sites is 3. The summed E-state index contributed by atoms with van der Waals surface area (Å²) in [7, 11) is 0. The fourth-order valence-electron chi connectivity index (χ4n) is 8.80. The first-order valence-electron chi connectivity index (χ1n) is 19.2. The molecule has 10 rings (SSSR count). The van der Waals surface area contributed by atoms with E-state index in [1.165, 1.54) is 61.8 Å². The van der Waals surface area contributed by atoms with Crippen molar-refractivity contribution < 1.29 is 0 Å². The highest BCUT2D eigenvalue weighted by Crippen LogP contribution is 2.50. The Balaban J connectivity index is 1.02. The van der Waals surface area contributed by atoms with E-state index in [0.717, 1.165) is 18.1 Å². The summed E-state index contributed by atoms with van der Waals surface area (Å²) in [5, 5.41) is 0. The second-order valence-electron chi connectivity index (χ2n) is 15.2. The first-order valence-corrected chi connectivity index (χ1v) is 19.2. The minimum atomic E-state index is -0.265. The van der Waals surface area contributed by atoms with Crippen molar-refractivity contribution in [3.63, 3.8) is 0 Å². The molecule has 4 nitrogen and oxygen atoms in total. The lowest BCUT2D eigenvalue weighted by molar-refractivity contribution is 0.640. The zero-order valence-corrected chi connectivity index (χ0v) is 31.1. The Morgan fingerprint density at radius 1 is 0.527 bits per heavy atom. The fraction of sp³-hybridized carbons (Fsp3) is 0.118. The standard InChI is InChI=1S/C51H42N4/c1-51(2,38-18-15-21-41(33-38)54-35-53(40-19-7-4-8-20-40)47-26-13-14-27-48(47)54)39-28-29-45-44-24-11-12-25-46(44)55(49(45)34-39)50-32-37(30-31-52-50)43-23-10-9-22-42(43)36-16-5-3-6-17-36/h3-34,44,46H,35H2,1-2H3. The third-order valence-electron chi connectivity index (χ3n) is 11.8. The van der Waals surface area contributed by atoms with Crippen LogP contribution in [0.1, 0.15) is 36.5 Å². The van der Waals surface area contributed by atoms with Crippen molar-refractivity contribution in [3.05, 3.63) is 211 Å². The van der Waals surface area contributed by atoms with Crippen molar-refractivity contribution in [2.45, 2.75) is 31.2 Å². The number of fused-ring (bicyclic) bond motifs is 4. The summed E-state index contributed by atoms with van der Waals surface area (Å²) in [6, 6.07) is 59.6. The van der Waals surface area contributed by atoms with Crippen molar-refractivity contribution >= 4 is 34.3 Å². The molecule has 0 radical (unpaired) electrons. The predicted octanol–water partition coefficient (Wildman–Crippen LogP) is 12.7. The number of anilines is 6. The van der Waals surface area contributed by atoms with Gasteiger partial charge in [0.05, 0.1) is 17.4 Å². The highest BCUT2D eigenvalue weighted by Gasteiger charge is 2.39. The molecule has 3 aliphatic rings. The molecule has 0 amide bonds. The highest BCUT2D eigenvalue weighted by atomic mass is 15.4. The van der Waals surface area contributed by atoms with Gasteiger partial charge in [-0.05, 0) is 93.5 Å². The largest absolute Gasteiger partial charge is 0.321 e. The first-order chi connectivity index (χ1) is 27.0. The van der Waals surface area contributed by atoms with E-state index in [2.05, 4.69) is 217 Å². The highest BCUT2D eigenvalue weighted by molar-refractivity contribution is 5.88. The minimum absolute atomic E-state index is 0.150. The van der Waals surface area contributed by atoms with E-state index in [0.29, 0.717) is 0 Å². The van der Waals surface area contributed by atoms with E-state index in [9.17, 15) is 0 Å². The van der Waals surface area contributed by atoms with Crippen LogP contribution < -0.4 is 14.7 Å². The molecule has 2 aliphatic heterocycles. The Labute approximate surface area is 324 Å². The lowest BCUT2D eigenvalue weighted by Crippen LogP contribution is -2.29. The van der Waals surface area contributed by atoms with Crippen molar-refractivity contribution in [1.29, 1.82) is 0 Å². The SMILES string of the molecule is CC(C)(c1cccc(N2CN(c3ccccc3)c3ccccc32)c1)c1ccc2c(c1)N(c1cc(-c3ccccc3-c3ccccc3)ccn1)C1C=CC=CC21. The van der Waals surface area contributed by atoms with Crippen LogP contribution in [0.2, 0.25) is 0 Å². The number of hydrogen-bond donors (Lipinski definition) is 0. The molecule has 1 aliphatic carbocycles. The van der Waals surface area contributed by atoms with Crippen LogP contribution in [-0.4, -0.2) is 17.7 Å². The van der Waals surface area contributed by atoms with E-state index in [1.807, 2.05) is 6.20 Å². The summed E-state index contributed by atoms with van der Waals surface area (Å²) in [5.41, 5.74) is 14.5. The van der Waals surface area contributed by atoms with Crippen LogP contribution in [0.3, 0.4) is 0 Å². The van der Waals surface area contributed by atoms with Crippen LogP contribution in [0.4, 0.5) is 34.3 Å². The molecule has 7 aromatic rings. The van der Waals surface area contributed by atoms with Crippen LogP contribution >= 0.6 is 0 Å². The smallest absolute Gasteiger partial charge is 0.134 e. The average molecular weight is 711 g/mol. The summed E-state index contributed by atoms with van der Waals surface area (Å²) in [5.74, 6) is 1.21. The van der Waals surface area contributed by atoms with Crippen LogP contribution in [0.5, 0.6) is 0 Å². The maximum atomic E-state index is 5.05. The lowest BCUT2D eigenvalue weighted by atomic mass is 9.77. The lowest BCUT2D eigenvalue weighted by Gasteiger charge is -2.30. The Kier molecular flexibility index (Phi) is 7.99. The maximum Gasteiger partial charge on any atom is 0.134 e. The van der Waals surface area contributed by atoms with Gasteiger partial charge < -0.3 is 14.7 Å². The maximum absolute atomic E-state index is 5.05. The summed E-state index contributed by atoms with van der Waals surface area (Å²) < 4.78 is 0. The quantitative estimate of drug-likeness (QED) is 0.164. The number of aromatic nitrogens is 1. The van der Waals surface area contributed by atoms with Gasteiger partial charge >= 0.3 is 0 Å². The average Bonchev–Trinajstić information content (AvgIpc) is 3.81.